The van der Waals surface area contributed by atoms with Crippen molar-refractivity contribution in [1.82, 2.24) is 50.5 Å². The number of piperidine rings is 2. The van der Waals surface area contributed by atoms with E-state index in [2.05, 4.69) is 66.4 Å². The minimum Gasteiger partial charge on any atom is -0.481 e. The van der Waals surface area contributed by atoms with E-state index >= 15 is 0 Å². The van der Waals surface area contributed by atoms with Gasteiger partial charge in [0.15, 0.2) is 0 Å². The number of nitrogens with one attached hydrogen (secondary N) is 1. The highest BCUT2D eigenvalue weighted by Crippen LogP contribution is 2.34. The number of amides is 1. The number of aromatic nitrogens is 8. The fraction of sp³-hybridized carbons (Fsp3) is 0.348. The van der Waals surface area contributed by atoms with Gasteiger partial charge in [-0.1, -0.05) is 13.8 Å². The molecule has 8 heterocycles. The number of nitrogens with two attached hydrogens (primary N) is 2. The number of carboxylic acid groups (broad SMARTS) is 1. The lowest BCUT2D eigenvalue weighted by Crippen LogP contribution is -2.42. The number of nitrogen functional groups attached to an aromatic ring is 2. The number of nitrogens with zero attached hydrogens (tertiary/aromatic N) is 9. The van der Waals surface area contributed by atoms with Crippen LogP contribution in [0, 0.1) is 25.7 Å². The van der Waals surface area contributed by atoms with E-state index in [-0.39, 0.29) is 48.3 Å². The predicted molar refractivity (Wildman–Crippen MR) is 256 cm³/mol. The zero-order valence-corrected chi connectivity index (χ0v) is 39.7. The number of methoxy groups -OCH3 is 2. The number of aromatic carboxylic acids is 1. The fourth-order valence-corrected chi connectivity index (χ4v) is 7.58. The first-order chi connectivity index (χ1) is 31.3. The van der Waals surface area contributed by atoms with E-state index in [0.29, 0.717) is 77.0 Å². The van der Waals surface area contributed by atoms with Crippen molar-refractivity contribution in [3.05, 3.63) is 119 Å². The third-order valence-electron chi connectivity index (χ3n) is 11.0. The molecular formula is C46H56Cl2N12O7. The van der Waals surface area contributed by atoms with Crippen LogP contribution in [0.5, 0.6) is 34.8 Å². The number of carbonyl (C=O) groups excluding carboxylic acids is 1. The van der Waals surface area contributed by atoms with Crippen LogP contribution in [-0.4, -0.2) is 103 Å². The molecule has 0 unspecified atom stereocenters. The number of halogens is 2. The summed E-state index contributed by atoms with van der Waals surface area (Å²) in [6, 6.07) is 16.9. The number of aryl methyl sites for hydroxylation is 2. The quantitative estimate of drug-likeness (QED) is 0.106. The summed E-state index contributed by atoms with van der Waals surface area (Å²) >= 11 is 0. The molecule has 0 saturated carbocycles. The zero-order chi connectivity index (χ0) is 46.5. The Balaban J connectivity index is 0.000000237. The smallest absolute Gasteiger partial charge is 0.354 e. The summed E-state index contributed by atoms with van der Waals surface area (Å²) in [5.74, 6) is 4.44. The van der Waals surface area contributed by atoms with Gasteiger partial charge in [-0.2, -0.15) is 10.2 Å². The van der Waals surface area contributed by atoms with Gasteiger partial charge in [0.25, 0.3) is 5.91 Å². The second kappa shape index (κ2) is 25.1. The van der Waals surface area contributed by atoms with Crippen molar-refractivity contribution in [2.45, 2.75) is 52.4 Å². The summed E-state index contributed by atoms with van der Waals surface area (Å²) < 4.78 is 21.1. The Morgan fingerprint density at radius 2 is 1.12 bits per heavy atom. The molecule has 21 heteroatoms. The van der Waals surface area contributed by atoms with Crippen LogP contribution in [-0.2, 0) is 0 Å². The van der Waals surface area contributed by atoms with Gasteiger partial charge in [0.2, 0.25) is 11.8 Å². The number of carbonyl (C=O) groups is 2. The molecule has 2 saturated heterocycles. The highest BCUT2D eigenvalue weighted by atomic mass is 35.5. The fourth-order valence-electron chi connectivity index (χ4n) is 7.58. The van der Waals surface area contributed by atoms with E-state index in [4.69, 9.17) is 35.5 Å². The largest absolute Gasteiger partial charge is 0.481 e. The Morgan fingerprint density at radius 1 is 0.657 bits per heavy atom. The lowest BCUT2D eigenvalue weighted by Gasteiger charge is -2.36. The molecule has 0 aliphatic carbocycles. The molecule has 2 aliphatic rings. The van der Waals surface area contributed by atoms with Crippen LogP contribution in [0.3, 0.4) is 0 Å². The maximum absolute atomic E-state index is 13.0. The van der Waals surface area contributed by atoms with Crippen LogP contribution < -0.4 is 35.7 Å². The van der Waals surface area contributed by atoms with Crippen molar-refractivity contribution in [3.8, 4) is 34.8 Å². The van der Waals surface area contributed by atoms with E-state index in [9.17, 15) is 9.59 Å². The Morgan fingerprint density at radius 3 is 1.51 bits per heavy atom. The maximum atomic E-state index is 13.0. The summed E-state index contributed by atoms with van der Waals surface area (Å²) in [4.78, 5) is 41.6. The number of hydrogen-bond donors (Lipinski definition) is 4. The Kier molecular flexibility index (Phi) is 19.7. The van der Waals surface area contributed by atoms with Crippen molar-refractivity contribution < 1.29 is 33.6 Å². The van der Waals surface area contributed by atoms with E-state index in [1.165, 1.54) is 37.2 Å². The van der Waals surface area contributed by atoms with Crippen molar-refractivity contribution in [2.75, 3.05) is 51.9 Å². The van der Waals surface area contributed by atoms with Gasteiger partial charge in [-0.25, -0.2) is 24.7 Å². The minimum absolute atomic E-state index is 0. The number of likely N-dealkylation sites (tertiary alicyclic amines) is 1. The molecule has 67 heavy (non-hydrogen) atoms. The van der Waals surface area contributed by atoms with Crippen molar-refractivity contribution in [2.24, 2.45) is 11.8 Å². The molecule has 0 aromatic carbocycles. The number of anilines is 2. The molecule has 2 aliphatic heterocycles. The van der Waals surface area contributed by atoms with Gasteiger partial charge in [-0.15, -0.1) is 35.0 Å². The molecule has 4 atom stereocenters. The Labute approximate surface area is 401 Å². The predicted octanol–water partition coefficient (Wildman–Crippen LogP) is 7.12. The molecular weight excluding hydrogens is 903 g/mol. The third-order valence-corrected chi connectivity index (χ3v) is 11.0. The van der Waals surface area contributed by atoms with Crippen LogP contribution in [0.15, 0.2) is 85.5 Å². The van der Waals surface area contributed by atoms with Gasteiger partial charge in [0.05, 0.1) is 50.4 Å². The topological polar surface area (TPSA) is 262 Å². The van der Waals surface area contributed by atoms with Crippen LogP contribution in [0.2, 0.25) is 0 Å². The molecule has 19 nitrogen and oxygen atoms in total. The normalized spacial score (nSPS) is 17.3. The average Bonchev–Trinajstić information content (AvgIpc) is 3.31. The van der Waals surface area contributed by atoms with Gasteiger partial charge in [0, 0.05) is 37.1 Å². The highest BCUT2D eigenvalue weighted by Gasteiger charge is 2.32. The summed E-state index contributed by atoms with van der Waals surface area (Å²) in [6.45, 7) is 11.9. The van der Waals surface area contributed by atoms with Crippen molar-refractivity contribution in [3.63, 3.8) is 0 Å². The van der Waals surface area contributed by atoms with E-state index < -0.39 is 5.97 Å². The molecule has 0 bridgehead atoms. The summed E-state index contributed by atoms with van der Waals surface area (Å²) in [5.41, 5.74) is 16.0. The van der Waals surface area contributed by atoms with E-state index in [1.807, 2.05) is 24.0 Å². The Hall–Kier alpha value is -6.96. The number of rotatable bonds is 10. The lowest BCUT2D eigenvalue weighted by atomic mass is 9.82. The molecule has 0 radical (unpaired) electrons. The molecule has 356 valence electrons. The number of hydrogen-bond acceptors (Lipinski definition) is 17. The number of carboxylic acids is 1. The molecule has 6 aromatic rings. The highest BCUT2D eigenvalue weighted by molar-refractivity contribution is 5.92. The zero-order valence-electron chi connectivity index (χ0n) is 38.0. The standard InChI is InChI=1S/C23H26N6O3.C12H10N2O4.C11H18N4.2ClH/c1-14-10-20(24)27-28-22(14)18-8-9-29(13-15(18)2)23(30)19-6-4-16(11-25-19)32-17-5-7-21(31-3)26-12-17;1-17-11-5-3-9(7-14-11)18-8-2-4-10(12(15)16)13-6-8;1-7-5-10(12)14-15-11(7)9-3-4-13-6-8(9)2;;/h4-7,10-12,15,18H,8-9,13H2,1-3H3,(H2,24,27);2-7H,1H3,(H,15,16);5,8-9,13H,3-4,6H2,1-2H3,(H2,12,14);2*1H/t15-,18+;;8-,9+;;/m0.0../s1. The SMILES string of the molecule is COc1ccc(Oc2ccc(C(=O)N3CC[C@@H](c4nnc(N)cc4C)[C@@H](C)C3)nc2)cn1.COc1ccc(Oc2ccc(C(=O)O)nc2)cn1.Cc1cc(N)nnc1[C@@H]1CCNC[C@@H]1C.Cl.Cl. The van der Waals surface area contributed by atoms with Gasteiger partial charge in [0.1, 0.15) is 46.0 Å². The molecule has 1 amide bonds. The van der Waals surface area contributed by atoms with Gasteiger partial charge in [-0.3, -0.25) is 4.79 Å². The summed E-state index contributed by atoms with van der Waals surface area (Å²) in [7, 11) is 3.08. The van der Waals surface area contributed by atoms with Gasteiger partial charge in [-0.05, 0) is 111 Å². The lowest BCUT2D eigenvalue weighted by molar-refractivity contribution is 0.0650. The molecule has 6 aromatic heterocycles. The minimum atomic E-state index is -1.08. The van der Waals surface area contributed by atoms with Crippen LogP contribution >= 0.6 is 24.8 Å². The van der Waals surface area contributed by atoms with Crippen LogP contribution in [0.4, 0.5) is 11.6 Å². The number of pyridine rings is 4. The summed E-state index contributed by atoms with van der Waals surface area (Å²) in [6.07, 6.45) is 7.91. The summed E-state index contributed by atoms with van der Waals surface area (Å²) in [5, 5.41) is 28.6. The van der Waals surface area contributed by atoms with Crippen LogP contribution in [0.1, 0.15) is 82.0 Å². The molecule has 0 spiro atoms. The second-order valence-corrected chi connectivity index (χ2v) is 15.7. The molecule has 2 fully saturated rings. The molecule has 8 rings (SSSR count). The van der Waals surface area contributed by atoms with Crippen molar-refractivity contribution in [1.29, 1.82) is 0 Å². The monoisotopic (exact) mass is 958 g/mol. The first kappa shape index (κ1) is 52.7. The first-order valence-corrected chi connectivity index (χ1v) is 21.0. The van der Waals surface area contributed by atoms with Gasteiger partial charge < -0.3 is 45.7 Å². The van der Waals surface area contributed by atoms with Crippen molar-refractivity contribution >= 4 is 48.3 Å². The first-order valence-electron chi connectivity index (χ1n) is 21.0. The van der Waals surface area contributed by atoms with Gasteiger partial charge >= 0.3 is 5.97 Å². The second-order valence-electron chi connectivity index (χ2n) is 15.7. The Bertz CT molecular complexity index is 2510. The maximum Gasteiger partial charge on any atom is 0.354 e. The van der Waals surface area contributed by atoms with Crippen LogP contribution in [0.25, 0.3) is 0 Å². The average molecular weight is 960 g/mol. The third kappa shape index (κ3) is 14.5. The van der Waals surface area contributed by atoms with E-state index in [0.717, 1.165) is 42.9 Å². The number of ether oxygens (including phenoxy) is 4. The molecule has 6 N–H and O–H groups in total. The van der Waals surface area contributed by atoms with E-state index in [1.54, 1.807) is 55.9 Å².